The van der Waals surface area contributed by atoms with Gasteiger partial charge in [0.15, 0.2) is 0 Å². The Labute approximate surface area is 136 Å². The highest BCUT2D eigenvalue weighted by atomic mass is 19.4. The van der Waals surface area contributed by atoms with E-state index >= 15 is 0 Å². The van der Waals surface area contributed by atoms with Crippen LogP contribution in [-0.2, 0) is 15.8 Å². The lowest BCUT2D eigenvalue weighted by Gasteiger charge is -2.34. The minimum absolute atomic E-state index is 0.209. The molecule has 1 atom stereocenters. The third kappa shape index (κ3) is 4.04. The predicted octanol–water partition coefficient (Wildman–Crippen LogP) is 3.57. The molecule has 0 spiro atoms. The summed E-state index contributed by atoms with van der Waals surface area (Å²) in [5, 5.41) is 2.19. The second-order valence-corrected chi connectivity index (χ2v) is 5.63. The highest BCUT2D eigenvalue weighted by Crippen LogP contribution is 2.32. The average Bonchev–Trinajstić information content (AvgIpc) is 2.55. The third-order valence-electron chi connectivity index (χ3n) is 3.98. The summed E-state index contributed by atoms with van der Waals surface area (Å²) < 4.78 is 51.9. The first-order valence-corrected chi connectivity index (χ1v) is 7.71. The normalized spacial score (nSPS) is 18.4. The molecule has 4 nitrogen and oxygen atoms in total. The quantitative estimate of drug-likeness (QED) is 0.851. The van der Waals surface area contributed by atoms with Crippen molar-refractivity contribution in [3.63, 3.8) is 0 Å². The van der Waals surface area contributed by atoms with Crippen LogP contribution in [0.3, 0.4) is 0 Å². The number of benzene rings is 1. The number of rotatable bonds is 3. The summed E-state index contributed by atoms with van der Waals surface area (Å²) in [6, 6.07) is 1.04. The van der Waals surface area contributed by atoms with Crippen LogP contribution in [0.2, 0.25) is 0 Å². The van der Waals surface area contributed by atoms with Gasteiger partial charge in [0, 0.05) is 13.0 Å². The summed E-state index contributed by atoms with van der Waals surface area (Å²) in [7, 11) is 0. The maximum Gasteiger partial charge on any atom is 0.416 e. The van der Waals surface area contributed by atoms with Crippen LogP contribution in [0.4, 0.5) is 23.2 Å². The Bertz CT molecular complexity index is 631. The van der Waals surface area contributed by atoms with Gasteiger partial charge < -0.3 is 10.2 Å². The summed E-state index contributed by atoms with van der Waals surface area (Å²) in [5.41, 5.74) is -1.59. The van der Waals surface area contributed by atoms with Crippen molar-refractivity contribution in [2.75, 3.05) is 11.9 Å². The molecule has 0 saturated carbocycles. The Morgan fingerprint density at radius 1 is 1.29 bits per heavy atom. The molecular formula is C16H18F4N2O2. The van der Waals surface area contributed by atoms with Crippen molar-refractivity contribution in [3.8, 4) is 0 Å². The van der Waals surface area contributed by atoms with Crippen molar-refractivity contribution in [1.82, 2.24) is 4.90 Å². The SMILES string of the molecule is CCC(=O)N1CCCC[C@H]1C(=O)Nc1cc(C(F)(F)F)ccc1F. The van der Waals surface area contributed by atoms with Crippen molar-refractivity contribution >= 4 is 17.5 Å². The van der Waals surface area contributed by atoms with Gasteiger partial charge in [-0.2, -0.15) is 13.2 Å². The minimum atomic E-state index is -4.64. The van der Waals surface area contributed by atoms with Gasteiger partial charge in [0.1, 0.15) is 11.9 Å². The predicted molar refractivity (Wildman–Crippen MR) is 79.7 cm³/mol. The molecule has 1 fully saturated rings. The number of alkyl halides is 3. The Balaban J connectivity index is 2.20. The van der Waals surface area contributed by atoms with E-state index in [0.29, 0.717) is 31.2 Å². The lowest BCUT2D eigenvalue weighted by Crippen LogP contribution is -2.49. The Hall–Kier alpha value is -2.12. The van der Waals surface area contributed by atoms with Crippen LogP contribution < -0.4 is 5.32 Å². The van der Waals surface area contributed by atoms with Crippen molar-refractivity contribution in [2.24, 2.45) is 0 Å². The van der Waals surface area contributed by atoms with Gasteiger partial charge in [-0.05, 0) is 37.5 Å². The first-order valence-electron chi connectivity index (χ1n) is 7.71. The molecule has 1 aliphatic heterocycles. The zero-order valence-electron chi connectivity index (χ0n) is 13.1. The highest BCUT2D eigenvalue weighted by molar-refractivity contribution is 5.97. The Morgan fingerprint density at radius 3 is 2.62 bits per heavy atom. The van der Waals surface area contributed by atoms with Crippen LogP contribution in [-0.4, -0.2) is 29.3 Å². The van der Waals surface area contributed by atoms with E-state index in [0.717, 1.165) is 12.8 Å². The number of amides is 2. The molecule has 0 unspecified atom stereocenters. The van der Waals surface area contributed by atoms with Crippen molar-refractivity contribution in [2.45, 2.75) is 44.8 Å². The maximum absolute atomic E-state index is 13.7. The van der Waals surface area contributed by atoms with Gasteiger partial charge in [0.2, 0.25) is 11.8 Å². The third-order valence-corrected chi connectivity index (χ3v) is 3.98. The smallest absolute Gasteiger partial charge is 0.331 e. The molecule has 2 amide bonds. The van der Waals surface area contributed by atoms with Crippen LogP contribution >= 0.6 is 0 Å². The topological polar surface area (TPSA) is 49.4 Å². The van der Waals surface area contributed by atoms with Gasteiger partial charge in [0.25, 0.3) is 0 Å². The van der Waals surface area contributed by atoms with Gasteiger partial charge in [-0.25, -0.2) is 4.39 Å². The van der Waals surface area contributed by atoms with Crippen LogP contribution in [0.25, 0.3) is 0 Å². The molecule has 0 aromatic heterocycles. The molecule has 132 valence electrons. The molecule has 1 N–H and O–H groups in total. The van der Waals surface area contributed by atoms with Gasteiger partial charge in [0.05, 0.1) is 11.3 Å². The van der Waals surface area contributed by atoms with E-state index in [4.69, 9.17) is 0 Å². The number of hydrogen-bond donors (Lipinski definition) is 1. The van der Waals surface area contributed by atoms with E-state index in [1.807, 2.05) is 0 Å². The van der Waals surface area contributed by atoms with Crippen molar-refractivity contribution in [3.05, 3.63) is 29.6 Å². The zero-order chi connectivity index (χ0) is 17.9. The van der Waals surface area contributed by atoms with E-state index < -0.39 is 35.2 Å². The van der Waals surface area contributed by atoms with Gasteiger partial charge in [-0.15, -0.1) is 0 Å². The van der Waals surface area contributed by atoms with Crippen LogP contribution in [0, 0.1) is 5.82 Å². The first-order chi connectivity index (χ1) is 11.2. The van der Waals surface area contributed by atoms with Gasteiger partial charge in [-0.1, -0.05) is 6.92 Å². The molecule has 1 aliphatic rings. The molecule has 1 aromatic carbocycles. The minimum Gasteiger partial charge on any atom is -0.331 e. The maximum atomic E-state index is 13.7. The number of carbonyl (C=O) groups is 2. The Kier molecular flexibility index (Phi) is 5.46. The van der Waals surface area contributed by atoms with E-state index in [-0.39, 0.29) is 12.3 Å². The summed E-state index contributed by atoms with van der Waals surface area (Å²) in [4.78, 5) is 25.7. The summed E-state index contributed by atoms with van der Waals surface area (Å²) >= 11 is 0. The van der Waals surface area contributed by atoms with Crippen molar-refractivity contribution in [1.29, 1.82) is 0 Å². The lowest BCUT2D eigenvalue weighted by molar-refractivity contribution is -0.140. The molecule has 8 heteroatoms. The van der Waals surface area contributed by atoms with Crippen LogP contribution in [0.5, 0.6) is 0 Å². The molecule has 1 heterocycles. The van der Waals surface area contributed by atoms with E-state index in [1.54, 1.807) is 6.92 Å². The standard InChI is InChI=1S/C16H18F4N2O2/c1-2-14(23)22-8-4-3-5-13(22)15(24)21-12-9-10(16(18,19)20)6-7-11(12)17/h6-7,9,13H,2-5,8H2,1H3,(H,21,24)/t13-/m0/s1. The highest BCUT2D eigenvalue weighted by Gasteiger charge is 2.33. The summed E-state index contributed by atoms with van der Waals surface area (Å²) in [6.45, 7) is 2.08. The van der Waals surface area contributed by atoms with E-state index in [9.17, 15) is 27.2 Å². The van der Waals surface area contributed by atoms with Crippen LogP contribution in [0.1, 0.15) is 38.2 Å². The summed E-state index contributed by atoms with van der Waals surface area (Å²) in [5.74, 6) is -1.84. The summed E-state index contributed by atoms with van der Waals surface area (Å²) in [6.07, 6.45) is -2.54. The number of nitrogens with zero attached hydrogens (tertiary/aromatic N) is 1. The number of nitrogens with one attached hydrogen (secondary N) is 1. The number of hydrogen-bond acceptors (Lipinski definition) is 2. The molecule has 1 saturated heterocycles. The monoisotopic (exact) mass is 346 g/mol. The van der Waals surface area contributed by atoms with Crippen LogP contribution in [0.15, 0.2) is 18.2 Å². The van der Waals surface area contributed by atoms with E-state index in [1.165, 1.54) is 4.90 Å². The van der Waals surface area contributed by atoms with Gasteiger partial charge >= 0.3 is 6.18 Å². The lowest BCUT2D eigenvalue weighted by atomic mass is 10.0. The number of anilines is 1. The molecular weight excluding hydrogens is 328 g/mol. The largest absolute Gasteiger partial charge is 0.416 e. The fourth-order valence-electron chi connectivity index (χ4n) is 2.72. The van der Waals surface area contributed by atoms with E-state index in [2.05, 4.69) is 5.32 Å². The molecule has 1 aromatic rings. The molecule has 0 aliphatic carbocycles. The zero-order valence-corrected chi connectivity index (χ0v) is 13.1. The second-order valence-electron chi connectivity index (χ2n) is 5.63. The number of likely N-dealkylation sites (tertiary alicyclic amines) is 1. The molecule has 2 rings (SSSR count). The second kappa shape index (κ2) is 7.19. The molecule has 24 heavy (non-hydrogen) atoms. The Morgan fingerprint density at radius 2 is 2.00 bits per heavy atom. The molecule has 0 radical (unpaired) electrons. The number of halogens is 4. The molecule has 0 bridgehead atoms. The fraction of sp³-hybridized carbons (Fsp3) is 0.500. The van der Waals surface area contributed by atoms with Crippen molar-refractivity contribution < 1.29 is 27.2 Å². The number of piperidine rings is 1. The van der Waals surface area contributed by atoms with Gasteiger partial charge in [-0.3, -0.25) is 9.59 Å². The number of carbonyl (C=O) groups excluding carboxylic acids is 2. The fourth-order valence-corrected chi connectivity index (χ4v) is 2.72. The average molecular weight is 346 g/mol. The first kappa shape index (κ1) is 18.2.